The number of nitrogens with two attached hydrogens (primary N) is 1. The van der Waals surface area contributed by atoms with Crippen LogP contribution >= 0.6 is 23.2 Å². The lowest BCUT2D eigenvalue weighted by Crippen LogP contribution is -2.83. The van der Waals surface area contributed by atoms with Crippen LogP contribution in [-0.4, -0.2) is 18.0 Å². The summed E-state index contributed by atoms with van der Waals surface area (Å²) >= 11 is 12.2. The summed E-state index contributed by atoms with van der Waals surface area (Å²) in [5.41, 5.74) is 1.71. The van der Waals surface area contributed by atoms with E-state index in [1.165, 1.54) is 12.1 Å². The second-order valence-corrected chi connectivity index (χ2v) is 6.75. The standard InChI is InChI=1S/C19H17Cl2N3O3/c20-13-1-7-18(21)17(11-13)19-8-6-16(27-19)12-22-9-10-23-14-2-4-15(5-3-14)24(25)26/h1-8,11,22-23H,9-10,12H2/p+1. The third-order valence-electron chi connectivity index (χ3n) is 3.96. The number of nitrogens with zero attached hydrogens (tertiary/aromatic N) is 1. The Balaban J connectivity index is 1.45. The van der Waals surface area contributed by atoms with Crippen LogP contribution in [0, 0.1) is 10.1 Å². The van der Waals surface area contributed by atoms with Gasteiger partial charge in [-0.3, -0.25) is 10.1 Å². The summed E-state index contributed by atoms with van der Waals surface area (Å²) < 4.78 is 5.85. The van der Waals surface area contributed by atoms with Gasteiger partial charge in [-0.15, -0.1) is 0 Å². The van der Waals surface area contributed by atoms with E-state index in [1.807, 2.05) is 12.1 Å². The number of benzene rings is 2. The zero-order valence-corrected chi connectivity index (χ0v) is 15.8. The van der Waals surface area contributed by atoms with Gasteiger partial charge in [-0.25, -0.2) is 0 Å². The summed E-state index contributed by atoms with van der Waals surface area (Å²) in [6.45, 7) is 2.25. The fraction of sp³-hybridized carbons (Fsp3) is 0.158. The molecule has 8 heteroatoms. The molecule has 0 aliphatic heterocycles. The molecule has 2 aromatic carbocycles. The van der Waals surface area contributed by atoms with Gasteiger partial charge < -0.3 is 15.1 Å². The molecule has 0 radical (unpaired) electrons. The maximum atomic E-state index is 10.6. The maximum absolute atomic E-state index is 10.6. The van der Waals surface area contributed by atoms with E-state index >= 15 is 0 Å². The summed E-state index contributed by atoms with van der Waals surface area (Å²) in [5.74, 6) is 1.53. The largest absolute Gasteiger partial charge is 0.455 e. The molecule has 0 atom stereocenters. The third kappa shape index (κ3) is 5.23. The lowest BCUT2D eigenvalue weighted by molar-refractivity contribution is -0.669. The first-order valence-corrected chi connectivity index (χ1v) is 9.12. The molecule has 0 fully saturated rings. The van der Waals surface area contributed by atoms with Crippen molar-refractivity contribution >= 4 is 34.6 Å². The van der Waals surface area contributed by atoms with Gasteiger partial charge >= 0.3 is 0 Å². The number of nitrogens with one attached hydrogen (secondary N) is 1. The number of hydrogen-bond acceptors (Lipinski definition) is 4. The molecule has 0 spiro atoms. The molecule has 27 heavy (non-hydrogen) atoms. The van der Waals surface area contributed by atoms with Crippen LogP contribution in [0.2, 0.25) is 10.0 Å². The number of furan rings is 1. The first-order chi connectivity index (χ1) is 13.0. The van der Waals surface area contributed by atoms with Gasteiger partial charge in [0, 0.05) is 28.4 Å². The Bertz CT molecular complexity index is 926. The average molecular weight is 407 g/mol. The molecule has 0 aliphatic rings. The molecule has 1 heterocycles. The Morgan fingerprint density at radius 2 is 1.85 bits per heavy atom. The number of halogens is 2. The fourth-order valence-electron chi connectivity index (χ4n) is 2.58. The summed E-state index contributed by atoms with van der Waals surface area (Å²) in [5, 5.41) is 17.2. The minimum absolute atomic E-state index is 0.0838. The van der Waals surface area contributed by atoms with Gasteiger partial charge in [-0.05, 0) is 42.5 Å². The molecule has 0 amide bonds. The molecule has 3 N–H and O–H groups in total. The first kappa shape index (κ1) is 19.2. The number of nitro benzene ring substituents is 1. The van der Waals surface area contributed by atoms with Crippen LogP contribution in [0.25, 0.3) is 11.3 Å². The zero-order chi connectivity index (χ0) is 19.2. The maximum Gasteiger partial charge on any atom is 0.269 e. The molecule has 0 aliphatic carbocycles. The third-order valence-corrected chi connectivity index (χ3v) is 4.52. The Labute approximate surface area is 166 Å². The molecule has 3 rings (SSSR count). The molecule has 6 nitrogen and oxygen atoms in total. The fourth-order valence-corrected chi connectivity index (χ4v) is 2.97. The van der Waals surface area contributed by atoms with Crippen molar-refractivity contribution in [2.24, 2.45) is 0 Å². The average Bonchev–Trinajstić information content (AvgIpc) is 3.12. The molecule has 1 aromatic heterocycles. The Hall–Kier alpha value is -2.54. The minimum Gasteiger partial charge on any atom is -0.455 e. The predicted molar refractivity (Wildman–Crippen MR) is 106 cm³/mol. The highest BCUT2D eigenvalue weighted by atomic mass is 35.5. The number of non-ortho nitro benzene ring substituents is 1. The van der Waals surface area contributed by atoms with Crippen LogP contribution < -0.4 is 10.6 Å². The van der Waals surface area contributed by atoms with Crippen LogP contribution in [0.4, 0.5) is 11.4 Å². The van der Waals surface area contributed by atoms with E-state index in [0.717, 1.165) is 30.1 Å². The van der Waals surface area contributed by atoms with Crippen LogP contribution in [-0.2, 0) is 6.54 Å². The topological polar surface area (TPSA) is 84.9 Å². The van der Waals surface area contributed by atoms with Crippen LogP contribution in [0.15, 0.2) is 59.0 Å². The van der Waals surface area contributed by atoms with E-state index in [1.54, 1.807) is 30.3 Å². The summed E-state index contributed by atoms with van der Waals surface area (Å²) in [7, 11) is 0. The molecule has 140 valence electrons. The van der Waals surface area contributed by atoms with E-state index in [4.69, 9.17) is 27.6 Å². The highest BCUT2D eigenvalue weighted by Gasteiger charge is 2.10. The van der Waals surface area contributed by atoms with Gasteiger partial charge in [0.05, 0.1) is 23.0 Å². The van der Waals surface area contributed by atoms with Gasteiger partial charge in [0.1, 0.15) is 12.3 Å². The molecular weight excluding hydrogens is 389 g/mol. The number of quaternary nitrogens is 1. The van der Waals surface area contributed by atoms with E-state index in [-0.39, 0.29) is 5.69 Å². The number of rotatable bonds is 8. The normalized spacial score (nSPS) is 10.7. The first-order valence-electron chi connectivity index (χ1n) is 8.37. The van der Waals surface area contributed by atoms with Gasteiger partial charge in [0.15, 0.2) is 5.76 Å². The summed E-state index contributed by atoms with van der Waals surface area (Å²) in [6, 6.07) is 15.4. The van der Waals surface area contributed by atoms with Gasteiger partial charge in [-0.1, -0.05) is 23.2 Å². The Kier molecular flexibility index (Phi) is 6.34. The van der Waals surface area contributed by atoms with Crippen molar-refractivity contribution in [2.75, 3.05) is 18.4 Å². The lowest BCUT2D eigenvalue weighted by atomic mass is 10.2. The van der Waals surface area contributed by atoms with Crippen molar-refractivity contribution in [3.8, 4) is 11.3 Å². The van der Waals surface area contributed by atoms with E-state index in [0.29, 0.717) is 22.4 Å². The van der Waals surface area contributed by atoms with Crippen molar-refractivity contribution < 1.29 is 14.7 Å². The van der Waals surface area contributed by atoms with E-state index in [2.05, 4.69) is 10.6 Å². The van der Waals surface area contributed by atoms with Crippen molar-refractivity contribution in [2.45, 2.75) is 6.54 Å². The van der Waals surface area contributed by atoms with Gasteiger partial charge in [0.2, 0.25) is 0 Å². The summed E-state index contributed by atoms with van der Waals surface area (Å²) in [6.07, 6.45) is 0. The molecule has 0 unspecified atom stereocenters. The molecule has 3 aromatic rings. The molecular formula is C19H18Cl2N3O3+. The molecule has 0 saturated carbocycles. The van der Waals surface area contributed by atoms with Crippen molar-refractivity contribution in [3.63, 3.8) is 0 Å². The lowest BCUT2D eigenvalue weighted by Gasteiger charge is -2.05. The van der Waals surface area contributed by atoms with Crippen LogP contribution in [0.3, 0.4) is 0 Å². The molecule has 0 bridgehead atoms. The SMILES string of the molecule is O=[N+]([O-])c1ccc(NCC[NH2+]Cc2ccc(-c3cc(Cl)ccc3Cl)o2)cc1. The van der Waals surface area contributed by atoms with Crippen molar-refractivity contribution in [1.29, 1.82) is 0 Å². The van der Waals surface area contributed by atoms with Gasteiger partial charge in [-0.2, -0.15) is 0 Å². The quantitative estimate of drug-likeness (QED) is 0.331. The van der Waals surface area contributed by atoms with Crippen molar-refractivity contribution in [1.82, 2.24) is 0 Å². The predicted octanol–water partition coefficient (Wildman–Crippen LogP) is 4.34. The zero-order valence-electron chi connectivity index (χ0n) is 14.3. The smallest absolute Gasteiger partial charge is 0.269 e. The number of nitro groups is 1. The highest BCUT2D eigenvalue weighted by molar-refractivity contribution is 6.35. The Morgan fingerprint density at radius 1 is 1.07 bits per heavy atom. The second-order valence-electron chi connectivity index (χ2n) is 5.90. The number of anilines is 1. The van der Waals surface area contributed by atoms with E-state index < -0.39 is 4.92 Å². The Morgan fingerprint density at radius 3 is 2.59 bits per heavy atom. The van der Waals surface area contributed by atoms with Crippen molar-refractivity contribution in [3.05, 3.63) is 80.5 Å². The van der Waals surface area contributed by atoms with E-state index in [9.17, 15) is 10.1 Å². The summed E-state index contributed by atoms with van der Waals surface area (Å²) in [4.78, 5) is 10.2. The molecule has 0 saturated heterocycles. The van der Waals surface area contributed by atoms with Crippen LogP contribution in [0.1, 0.15) is 5.76 Å². The van der Waals surface area contributed by atoms with Gasteiger partial charge in [0.25, 0.3) is 5.69 Å². The van der Waals surface area contributed by atoms with Crippen LogP contribution in [0.5, 0.6) is 0 Å². The monoisotopic (exact) mass is 406 g/mol. The second kappa shape index (κ2) is 8.90. The highest BCUT2D eigenvalue weighted by Crippen LogP contribution is 2.31. The number of hydrogen-bond donors (Lipinski definition) is 2. The minimum atomic E-state index is -0.411.